The van der Waals surface area contributed by atoms with Gasteiger partial charge >= 0.3 is 29.6 Å². The van der Waals surface area contributed by atoms with Crippen LogP contribution in [0, 0.1) is 5.82 Å². The first-order valence-corrected chi connectivity index (χ1v) is 5.96. The molecule has 0 saturated carbocycles. The van der Waals surface area contributed by atoms with Crippen molar-refractivity contribution in [2.45, 2.75) is 0 Å². The maximum atomic E-state index is 12.8. The molecule has 0 bridgehead atoms. The van der Waals surface area contributed by atoms with E-state index in [-0.39, 0.29) is 34.7 Å². The number of nitrogens with one attached hydrogen (secondary N) is 1. The third-order valence-corrected chi connectivity index (χ3v) is 3.07. The largest absolute Gasteiger partial charge is 1.00 e. The van der Waals surface area contributed by atoms with E-state index in [9.17, 15) is 17.4 Å². The van der Waals surface area contributed by atoms with E-state index in [1.807, 2.05) is 0 Å². The average Bonchev–Trinajstić information content (AvgIpc) is 2.42. The molecule has 5 nitrogen and oxygen atoms in total. The molecule has 0 spiro atoms. The van der Waals surface area contributed by atoms with Crippen molar-refractivity contribution in [3.05, 3.63) is 24.0 Å². The molecular formula is C7H4FN2NaO3S2. The van der Waals surface area contributed by atoms with Gasteiger partial charge in [0.25, 0.3) is 0 Å². The SMILES string of the molecule is O=S(=O)([O-])Nc1nc2ccc(F)cc2s1.[Na+]. The van der Waals surface area contributed by atoms with Crippen LogP contribution in [0.4, 0.5) is 9.52 Å². The molecule has 0 radical (unpaired) electrons. The van der Waals surface area contributed by atoms with E-state index in [1.54, 1.807) is 4.72 Å². The van der Waals surface area contributed by atoms with E-state index < -0.39 is 16.1 Å². The van der Waals surface area contributed by atoms with Crippen molar-refractivity contribution < 1.29 is 46.9 Å². The Kier molecular flexibility index (Phi) is 4.27. The molecule has 0 saturated heterocycles. The number of anilines is 1. The summed E-state index contributed by atoms with van der Waals surface area (Å²) in [5.41, 5.74) is 0.438. The minimum Gasteiger partial charge on any atom is -0.731 e. The Morgan fingerprint density at radius 2 is 2.12 bits per heavy atom. The van der Waals surface area contributed by atoms with Crippen molar-refractivity contribution >= 4 is 37.0 Å². The maximum absolute atomic E-state index is 12.8. The standard InChI is InChI=1S/C7H5FN2O3S2.Na/c8-4-1-2-5-6(3-4)14-7(9-5)10-15(11,12)13;/h1-3H,(H,9,10)(H,11,12,13);/q;+1/p-1. The predicted molar refractivity (Wildman–Crippen MR) is 52.9 cm³/mol. The van der Waals surface area contributed by atoms with Gasteiger partial charge in [-0.1, -0.05) is 11.3 Å². The van der Waals surface area contributed by atoms with Crippen molar-refractivity contribution in [1.82, 2.24) is 4.98 Å². The minimum absolute atomic E-state index is 0. The van der Waals surface area contributed by atoms with Crippen LogP contribution in [-0.2, 0) is 10.3 Å². The zero-order chi connectivity index (χ0) is 11.1. The normalized spacial score (nSPS) is 11.1. The van der Waals surface area contributed by atoms with Crippen LogP contribution in [-0.4, -0.2) is 18.0 Å². The molecule has 2 aromatic rings. The van der Waals surface area contributed by atoms with Crippen molar-refractivity contribution in [1.29, 1.82) is 0 Å². The van der Waals surface area contributed by atoms with Gasteiger partial charge in [-0.05, 0) is 18.2 Å². The molecule has 0 unspecified atom stereocenters. The number of fused-ring (bicyclic) bond motifs is 1. The van der Waals surface area contributed by atoms with Gasteiger partial charge in [0.15, 0.2) is 15.4 Å². The van der Waals surface area contributed by atoms with Crippen LogP contribution in [0.1, 0.15) is 0 Å². The first-order chi connectivity index (χ1) is 6.94. The Morgan fingerprint density at radius 3 is 2.75 bits per heavy atom. The van der Waals surface area contributed by atoms with E-state index in [4.69, 9.17) is 0 Å². The summed E-state index contributed by atoms with van der Waals surface area (Å²) in [7, 11) is -4.58. The van der Waals surface area contributed by atoms with E-state index in [0.717, 1.165) is 11.3 Å². The van der Waals surface area contributed by atoms with Crippen LogP contribution in [0.5, 0.6) is 0 Å². The molecule has 2 rings (SSSR count). The molecule has 16 heavy (non-hydrogen) atoms. The van der Waals surface area contributed by atoms with Crippen molar-refractivity contribution in [2.75, 3.05) is 4.72 Å². The van der Waals surface area contributed by atoms with Crippen LogP contribution in [0.25, 0.3) is 10.2 Å². The molecule has 1 aromatic carbocycles. The second kappa shape index (κ2) is 4.94. The average molecular weight is 270 g/mol. The smallest absolute Gasteiger partial charge is 0.731 e. The third kappa shape index (κ3) is 3.37. The third-order valence-electron chi connectivity index (χ3n) is 1.56. The Bertz CT molecular complexity index is 613. The second-order valence-electron chi connectivity index (χ2n) is 2.69. The van der Waals surface area contributed by atoms with Crippen LogP contribution in [0.3, 0.4) is 0 Å². The topological polar surface area (TPSA) is 82.1 Å². The van der Waals surface area contributed by atoms with Crippen LogP contribution >= 0.6 is 11.3 Å². The number of rotatable bonds is 2. The van der Waals surface area contributed by atoms with Gasteiger partial charge < -0.3 is 4.55 Å². The van der Waals surface area contributed by atoms with Crippen molar-refractivity contribution in [2.24, 2.45) is 0 Å². The van der Waals surface area contributed by atoms with Crippen LogP contribution in [0.15, 0.2) is 18.2 Å². The van der Waals surface area contributed by atoms with E-state index in [0.29, 0.717) is 10.2 Å². The Hall–Kier alpha value is -0.250. The fourth-order valence-corrected chi connectivity index (χ4v) is 2.52. The van der Waals surface area contributed by atoms with E-state index >= 15 is 0 Å². The number of hydrogen-bond donors (Lipinski definition) is 1. The molecule has 1 heterocycles. The summed E-state index contributed by atoms with van der Waals surface area (Å²) in [6, 6.07) is 3.83. The Morgan fingerprint density at radius 1 is 1.44 bits per heavy atom. The summed E-state index contributed by atoms with van der Waals surface area (Å²) in [5, 5.41) is -0.0643. The number of benzene rings is 1. The Balaban J connectivity index is 0.00000128. The Labute approximate surface area is 117 Å². The van der Waals surface area contributed by atoms with Crippen molar-refractivity contribution in [3.8, 4) is 0 Å². The van der Waals surface area contributed by atoms with E-state index in [2.05, 4.69) is 4.98 Å². The molecule has 0 aliphatic rings. The molecule has 1 aromatic heterocycles. The van der Waals surface area contributed by atoms with Crippen LogP contribution < -0.4 is 34.3 Å². The van der Waals surface area contributed by atoms with Gasteiger partial charge in [-0.2, -0.15) is 0 Å². The summed E-state index contributed by atoms with van der Waals surface area (Å²) in [6.07, 6.45) is 0. The molecule has 80 valence electrons. The zero-order valence-electron chi connectivity index (χ0n) is 8.10. The summed E-state index contributed by atoms with van der Waals surface area (Å²) < 4.78 is 46.0. The van der Waals surface area contributed by atoms with Gasteiger partial charge in [-0.15, -0.1) is 0 Å². The summed E-state index contributed by atoms with van der Waals surface area (Å²) in [4.78, 5) is 3.80. The van der Waals surface area contributed by atoms with Gasteiger partial charge in [0.1, 0.15) is 5.82 Å². The van der Waals surface area contributed by atoms with Crippen LogP contribution in [0.2, 0.25) is 0 Å². The molecule has 9 heteroatoms. The van der Waals surface area contributed by atoms with Gasteiger partial charge in [0, 0.05) is 0 Å². The summed E-state index contributed by atoms with van der Waals surface area (Å²) in [6.45, 7) is 0. The van der Waals surface area contributed by atoms with Gasteiger partial charge in [-0.3, -0.25) is 4.72 Å². The number of nitrogens with zero attached hydrogens (tertiary/aromatic N) is 1. The molecular weight excluding hydrogens is 266 g/mol. The van der Waals surface area contributed by atoms with Gasteiger partial charge in [0.2, 0.25) is 0 Å². The molecule has 0 aliphatic carbocycles. The number of hydrogen-bond acceptors (Lipinski definition) is 5. The monoisotopic (exact) mass is 270 g/mol. The quantitative estimate of drug-likeness (QED) is 0.521. The molecule has 1 N–H and O–H groups in total. The number of thiazole rings is 1. The minimum atomic E-state index is -4.58. The van der Waals surface area contributed by atoms with Crippen molar-refractivity contribution in [3.63, 3.8) is 0 Å². The summed E-state index contributed by atoms with van der Waals surface area (Å²) in [5.74, 6) is -0.442. The fourth-order valence-electron chi connectivity index (χ4n) is 1.05. The predicted octanol–water partition coefficient (Wildman–Crippen LogP) is -1.69. The first kappa shape index (κ1) is 13.8. The molecule has 0 fully saturated rings. The molecule has 0 aliphatic heterocycles. The zero-order valence-corrected chi connectivity index (χ0v) is 11.7. The number of aromatic nitrogens is 1. The summed E-state index contributed by atoms with van der Waals surface area (Å²) >= 11 is 0.897. The van der Waals surface area contributed by atoms with E-state index in [1.165, 1.54) is 18.2 Å². The fraction of sp³-hybridized carbons (Fsp3) is 0. The molecule has 0 atom stereocenters. The van der Waals surface area contributed by atoms with Gasteiger partial charge in [-0.25, -0.2) is 17.8 Å². The van der Waals surface area contributed by atoms with Gasteiger partial charge in [0.05, 0.1) is 10.2 Å². The first-order valence-electron chi connectivity index (χ1n) is 3.74. The molecule has 0 amide bonds. The second-order valence-corrected chi connectivity index (χ2v) is 4.83. The maximum Gasteiger partial charge on any atom is 1.00 e. The number of halogens is 1.